The summed E-state index contributed by atoms with van der Waals surface area (Å²) in [6, 6.07) is 0. The molecule has 29 unspecified atom stereocenters. The molecule has 0 aliphatic heterocycles. The number of sulfone groups is 1. The van der Waals surface area contributed by atoms with Gasteiger partial charge in [0.25, 0.3) is 0 Å². The standard InChI is InChI=1S/C37H76ClNO32S/c1-37(2,39-38)4-3-5-72(70,71)7-9(42)11(44)13(46)15(48)17(50)19(52)21(54)23(56)25(58)27(60)29(62)31(64)33(66)35(68)36(69)34(67)32(65)30(63)28(61)26(59)24(57)22(55)20(53)18(51)16(49)14(47)12(45)10(43)8(41)6-40/h8-36,39-69H,3-7H2,1-2H3. The average molecular weight is 1110 g/mol. The van der Waals surface area contributed by atoms with Crippen LogP contribution in [-0.2, 0) is 9.84 Å². The van der Waals surface area contributed by atoms with Crippen LogP contribution in [0.15, 0.2) is 0 Å². The van der Waals surface area contributed by atoms with Crippen molar-refractivity contribution in [1.82, 2.24) is 4.84 Å². The van der Waals surface area contributed by atoms with Gasteiger partial charge in [-0.15, -0.1) is 0 Å². The van der Waals surface area contributed by atoms with Gasteiger partial charge in [0.05, 0.1) is 24.2 Å². The summed E-state index contributed by atoms with van der Waals surface area (Å²) < 4.78 is 24.9. The predicted molar refractivity (Wildman–Crippen MR) is 232 cm³/mol. The summed E-state index contributed by atoms with van der Waals surface area (Å²) in [5.41, 5.74) is -0.691. The Labute approximate surface area is 414 Å². The molecule has 0 aromatic heterocycles. The number of rotatable bonds is 36. The Kier molecular flexibility index (Phi) is 30.4. The molecular formula is C37H76ClNO32S. The van der Waals surface area contributed by atoms with E-state index in [2.05, 4.69) is 4.84 Å². The predicted octanol–water partition coefficient (Wildman–Crippen LogP) is -17.8. The topological polar surface area (TPSA) is 653 Å². The highest BCUT2D eigenvalue weighted by Crippen LogP contribution is 2.24. The maximum atomic E-state index is 12.4. The number of aliphatic hydroxyl groups excluding tert-OH is 30. The molecule has 0 saturated heterocycles. The van der Waals surface area contributed by atoms with E-state index in [4.69, 9.17) is 16.9 Å². The van der Waals surface area contributed by atoms with E-state index < -0.39 is 211 Å². The summed E-state index contributed by atoms with van der Waals surface area (Å²) >= 11 is 5.55. The molecule has 0 aromatic rings. The first-order valence-corrected chi connectivity index (χ1v) is 23.9. The second-order valence-electron chi connectivity index (χ2n) is 18.3. The molecular weight excluding hydrogens is 1040 g/mol. The van der Waals surface area contributed by atoms with E-state index in [0.717, 1.165) is 0 Å². The van der Waals surface area contributed by atoms with E-state index in [-0.39, 0.29) is 12.8 Å². The van der Waals surface area contributed by atoms with Crippen molar-refractivity contribution in [3.05, 3.63) is 0 Å². The van der Waals surface area contributed by atoms with Crippen molar-refractivity contribution in [2.45, 2.75) is 209 Å². The second kappa shape index (κ2) is 30.8. The van der Waals surface area contributed by atoms with Crippen molar-refractivity contribution in [1.29, 1.82) is 0 Å². The molecule has 0 radical (unpaired) electrons. The van der Waals surface area contributed by atoms with Crippen LogP contribution in [0, 0.1) is 0 Å². The minimum Gasteiger partial charge on any atom is -0.394 e. The van der Waals surface area contributed by atoms with Gasteiger partial charge in [-0.2, -0.15) is 0 Å². The number of aliphatic hydroxyl groups is 30. The molecule has 434 valence electrons. The summed E-state index contributed by atoms with van der Waals surface area (Å²) in [6.45, 7) is 2.13. The molecule has 0 heterocycles. The summed E-state index contributed by atoms with van der Waals surface area (Å²) in [5.74, 6) is -1.72. The number of halogens is 1. The lowest BCUT2D eigenvalue weighted by atomic mass is 9.86. The Bertz CT molecular complexity index is 1620. The van der Waals surface area contributed by atoms with Crippen molar-refractivity contribution >= 4 is 21.6 Å². The fourth-order valence-corrected chi connectivity index (χ4v) is 8.40. The Hall–Kier alpha value is -1.00. The third-order valence-electron chi connectivity index (χ3n) is 12.0. The van der Waals surface area contributed by atoms with Crippen molar-refractivity contribution in [3.8, 4) is 0 Å². The maximum Gasteiger partial charge on any atom is 0.152 e. The van der Waals surface area contributed by atoms with Crippen LogP contribution >= 0.6 is 11.8 Å². The van der Waals surface area contributed by atoms with Gasteiger partial charge < -0.3 is 153 Å². The van der Waals surface area contributed by atoms with Gasteiger partial charge in [0.1, 0.15) is 171 Å². The Balaban J connectivity index is 5.69. The van der Waals surface area contributed by atoms with Crippen molar-refractivity contribution < 1.29 is 162 Å². The largest absolute Gasteiger partial charge is 0.394 e. The summed E-state index contributed by atoms with van der Waals surface area (Å²) in [6.07, 6.45) is -81.6. The van der Waals surface area contributed by atoms with Crippen LogP contribution in [0.4, 0.5) is 0 Å². The van der Waals surface area contributed by atoms with Gasteiger partial charge in [-0.3, -0.25) is 0 Å². The monoisotopic (exact) mass is 1110 g/mol. The van der Waals surface area contributed by atoms with Gasteiger partial charge in [0, 0.05) is 5.54 Å². The average Bonchev–Trinajstić information content (AvgIpc) is 3.35. The minimum atomic E-state index is -4.14. The molecule has 0 aliphatic carbocycles. The fraction of sp³-hybridized carbons (Fsp3) is 1.00. The highest BCUT2D eigenvalue weighted by molar-refractivity contribution is 7.91. The molecule has 33 nitrogen and oxygen atoms in total. The van der Waals surface area contributed by atoms with E-state index in [1.54, 1.807) is 13.8 Å². The Morgan fingerprint density at radius 2 is 0.500 bits per heavy atom. The first-order chi connectivity index (χ1) is 32.7. The third kappa shape index (κ3) is 19.2. The van der Waals surface area contributed by atoms with Crippen LogP contribution in [0.5, 0.6) is 0 Å². The lowest BCUT2D eigenvalue weighted by Crippen LogP contribution is -2.62. The van der Waals surface area contributed by atoms with E-state index in [9.17, 15) is 157 Å². The Morgan fingerprint density at radius 1 is 0.333 bits per heavy atom. The van der Waals surface area contributed by atoms with Gasteiger partial charge in [-0.25, -0.2) is 13.3 Å². The zero-order valence-corrected chi connectivity index (χ0v) is 39.9. The molecule has 72 heavy (non-hydrogen) atoms. The third-order valence-corrected chi connectivity index (χ3v) is 14.3. The van der Waals surface area contributed by atoms with Gasteiger partial charge in [-0.05, 0) is 38.5 Å². The van der Waals surface area contributed by atoms with Crippen molar-refractivity contribution in [2.75, 3.05) is 18.1 Å². The van der Waals surface area contributed by atoms with E-state index in [1.165, 1.54) is 0 Å². The highest BCUT2D eigenvalue weighted by Gasteiger charge is 2.50. The van der Waals surface area contributed by atoms with E-state index >= 15 is 0 Å². The first-order valence-electron chi connectivity index (χ1n) is 21.7. The van der Waals surface area contributed by atoms with Crippen molar-refractivity contribution in [3.63, 3.8) is 0 Å². The van der Waals surface area contributed by atoms with Crippen LogP contribution in [0.3, 0.4) is 0 Å². The molecule has 29 atom stereocenters. The summed E-state index contributed by atoms with van der Waals surface area (Å²) in [4.78, 5) is 2.42. The molecule has 35 heteroatoms. The quantitative estimate of drug-likeness (QED) is 0.0259. The summed E-state index contributed by atoms with van der Waals surface area (Å²) in [5, 5.41) is 306. The second-order valence-corrected chi connectivity index (χ2v) is 20.7. The maximum absolute atomic E-state index is 12.4. The lowest BCUT2D eigenvalue weighted by Gasteiger charge is -2.38. The molecule has 0 rings (SSSR count). The smallest absolute Gasteiger partial charge is 0.152 e. The number of nitrogens with one attached hydrogen (secondary N) is 1. The van der Waals surface area contributed by atoms with E-state index in [0.29, 0.717) is 0 Å². The van der Waals surface area contributed by atoms with Gasteiger partial charge >= 0.3 is 0 Å². The molecule has 0 aromatic carbocycles. The number of hydrogen-bond acceptors (Lipinski definition) is 33. The first kappa shape index (κ1) is 71.0. The van der Waals surface area contributed by atoms with Crippen LogP contribution < -0.4 is 4.84 Å². The van der Waals surface area contributed by atoms with Crippen LogP contribution in [-0.4, -0.2) is 362 Å². The minimum absolute atomic E-state index is 0.0184. The number of hydrogen-bond donors (Lipinski definition) is 31. The SMILES string of the molecule is CC(C)(CCCS(=O)(=O)CC(O)C(O)C(O)C(O)C(O)C(O)C(O)C(O)C(O)C(O)C(O)C(O)C(O)C(O)C(O)C(O)C(O)C(O)C(O)C(O)C(O)C(O)C(O)C(O)C(O)C(O)C(O)C(O)C(O)CO)NCl. The van der Waals surface area contributed by atoms with E-state index in [1.807, 2.05) is 0 Å². The molecule has 0 aliphatic rings. The van der Waals surface area contributed by atoms with Gasteiger partial charge in [0.15, 0.2) is 9.84 Å². The van der Waals surface area contributed by atoms with Crippen molar-refractivity contribution in [2.24, 2.45) is 0 Å². The fourth-order valence-electron chi connectivity index (χ4n) is 6.84. The van der Waals surface area contributed by atoms with Crippen LogP contribution in [0.2, 0.25) is 0 Å². The van der Waals surface area contributed by atoms with Crippen LogP contribution in [0.25, 0.3) is 0 Å². The molecule has 0 saturated carbocycles. The highest BCUT2D eigenvalue weighted by atomic mass is 35.5. The van der Waals surface area contributed by atoms with Gasteiger partial charge in [-0.1, -0.05) is 0 Å². The van der Waals surface area contributed by atoms with Gasteiger partial charge in [0.2, 0.25) is 0 Å². The molecule has 0 bridgehead atoms. The Morgan fingerprint density at radius 3 is 0.667 bits per heavy atom. The zero-order valence-electron chi connectivity index (χ0n) is 38.3. The molecule has 0 spiro atoms. The normalized spacial score (nSPS) is 25.5. The lowest BCUT2D eigenvalue weighted by molar-refractivity contribution is -0.217. The zero-order chi connectivity index (χ0) is 57.0. The molecule has 0 fully saturated rings. The molecule has 0 amide bonds. The molecule has 31 N–H and O–H groups in total. The van der Waals surface area contributed by atoms with Crippen LogP contribution in [0.1, 0.15) is 26.7 Å². The summed E-state index contributed by atoms with van der Waals surface area (Å²) in [7, 11) is -4.14.